The van der Waals surface area contributed by atoms with Crippen molar-refractivity contribution >= 4 is 17.5 Å². The number of carbonyl (C=O) groups is 1. The fourth-order valence-electron chi connectivity index (χ4n) is 3.43. The van der Waals surface area contributed by atoms with E-state index in [2.05, 4.69) is 9.88 Å². The van der Waals surface area contributed by atoms with Crippen molar-refractivity contribution in [2.24, 2.45) is 5.41 Å². The van der Waals surface area contributed by atoms with Crippen LogP contribution < -0.4 is 10.6 Å². The average Bonchev–Trinajstić information content (AvgIpc) is 2.44. The van der Waals surface area contributed by atoms with E-state index in [0.717, 1.165) is 50.4 Å². The summed E-state index contributed by atoms with van der Waals surface area (Å²) in [5.41, 5.74) is 7.68. The van der Waals surface area contributed by atoms with E-state index in [0.29, 0.717) is 5.41 Å². The number of hydrogen-bond acceptors (Lipinski definition) is 5. The van der Waals surface area contributed by atoms with E-state index in [1.165, 1.54) is 0 Å². The summed E-state index contributed by atoms with van der Waals surface area (Å²) in [5, 5.41) is 0. The second-order valence-corrected chi connectivity index (χ2v) is 7.76. The molecule has 0 radical (unpaired) electrons. The number of rotatable bonds is 1. The number of carbonyl (C=O) groups excluding carboxylic acids is 1. The highest BCUT2D eigenvalue weighted by atomic mass is 16.6. The molecule has 0 bridgehead atoms. The molecule has 0 aliphatic carbocycles. The van der Waals surface area contributed by atoms with Crippen molar-refractivity contribution in [1.82, 2.24) is 9.88 Å². The molecule has 3 rings (SSSR count). The first-order valence-electron chi connectivity index (χ1n) is 8.20. The predicted octanol–water partition coefficient (Wildman–Crippen LogP) is 2.50. The van der Waals surface area contributed by atoms with E-state index < -0.39 is 5.60 Å². The quantitative estimate of drug-likeness (QED) is 0.861. The summed E-state index contributed by atoms with van der Waals surface area (Å²) in [7, 11) is 0. The van der Waals surface area contributed by atoms with Crippen LogP contribution in [0.25, 0.3) is 0 Å². The van der Waals surface area contributed by atoms with Gasteiger partial charge in [-0.1, -0.05) is 0 Å². The summed E-state index contributed by atoms with van der Waals surface area (Å²) in [6, 6.07) is 1.97. The lowest BCUT2D eigenvalue weighted by Crippen LogP contribution is -2.61. The SMILES string of the molecule is CC(C)(C)OC(=O)N1CCC2(CC1)CN(c1ccncc1N)C2. The minimum Gasteiger partial charge on any atom is -0.444 e. The van der Waals surface area contributed by atoms with Gasteiger partial charge in [-0.2, -0.15) is 0 Å². The molecule has 1 spiro atoms. The van der Waals surface area contributed by atoms with Crippen molar-refractivity contribution in [3.05, 3.63) is 18.5 Å². The number of piperidine rings is 1. The molecule has 0 unspecified atom stereocenters. The van der Waals surface area contributed by atoms with E-state index in [1.807, 2.05) is 31.7 Å². The molecule has 0 saturated carbocycles. The molecule has 1 amide bonds. The maximum Gasteiger partial charge on any atom is 0.410 e. The molecule has 2 N–H and O–H groups in total. The standard InChI is InChI=1S/C17H26N4O2/c1-16(2,3)23-15(22)20-8-5-17(6-9-20)11-21(12-17)14-4-7-19-10-13(14)18/h4,7,10H,5-6,8-9,11-12,18H2,1-3H3. The highest BCUT2D eigenvalue weighted by molar-refractivity contribution is 5.69. The van der Waals surface area contributed by atoms with Gasteiger partial charge in [-0.15, -0.1) is 0 Å². The number of nitrogen functional groups attached to an aromatic ring is 1. The zero-order valence-electron chi connectivity index (χ0n) is 14.2. The van der Waals surface area contributed by atoms with Crippen molar-refractivity contribution in [1.29, 1.82) is 0 Å². The van der Waals surface area contributed by atoms with Gasteiger partial charge < -0.3 is 20.3 Å². The largest absolute Gasteiger partial charge is 0.444 e. The van der Waals surface area contributed by atoms with Crippen LogP contribution in [0.3, 0.4) is 0 Å². The van der Waals surface area contributed by atoms with Crippen LogP contribution in [-0.4, -0.2) is 47.8 Å². The van der Waals surface area contributed by atoms with Crippen LogP contribution in [0.1, 0.15) is 33.6 Å². The first-order chi connectivity index (χ1) is 10.8. The van der Waals surface area contributed by atoms with Crippen molar-refractivity contribution in [2.45, 2.75) is 39.2 Å². The van der Waals surface area contributed by atoms with Gasteiger partial charge in [0.05, 0.1) is 17.6 Å². The Hall–Kier alpha value is -1.98. The fraction of sp³-hybridized carbons (Fsp3) is 0.647. The van der Waals surface area contributed by atoms with E-state index in [4.69, 9.17) is 10.5 Å². The van der Waals surface area contributed by atoms with Gasteiger partial charge in [0.2, 0.25) is 0 Å². The Balaban J connectivity index is 1.53. The van der Waals surface area contributed by atoms with E-state index in [9.17, 15) is 4.79 Å². The van der Waals surface area contributed by atoms with Crippen molar-refractivity contribution < 1.29 is 9.53 Å². The summed E-state index contributed by atoms with van der Waals surface area (Å²) < 4.78 is 5.46. The number of ether oxygens (including phenoxy) is 1. The second-order valence-electron chi connectivity index (χ2n) is 7.76. The lowest BCUT2D eigenvalue weighted by Gasteiger charge is -2.55. The molecular formula is C17H26N4O2. The van der Waals surface area contributed by atoms with Crippen LogP contribution in [0, 0.1) is 5.41 Å². The molecule has 2 fully saturated rings. The number of aromatic nitrogens is 1. The van der Waals surface area contributed by atoms with Crippen LogP contribution >= 0.6 is 0 Å². The van der Waals surface area contributed by atoms with Gasteiger partial charge in [-0.25, -0.2) is 4.79 Å². The number of hydrogen-bond donors (Lipinski definition) is 1. The summed E-state index contributed by atoms with van der Waals surface area (Å²) in [6.45, 7) is 9.26. The lowest BCUT2D eigenvalue weighted by atomic mass is 9.72. The molecule has 1 aromatic heterocycles. The maximum absolute atomic E-state index is 12.1. The zero-order chi connectivity index (χ0) is 16.7. The highest BCUT2D eigenvalue weighted by Crippen LogP contribution is 2.43. The molecule has 6 heteroatoms. The molecule has 0 atom stereocenters. The molecule has 6 nitrogen and oxygen atoms in total. The molecular weight excluding hydrogens is 292 g/mol. The summed E-state index contributed by atoms with van der Waals surface area (Å²) in [5.74, 6) is 0. The second kappa shape index (κ2) is 5.58. The monoisotopic (exact) mass is 318 g/mol. The van der Waals surface area contributed by atoms with Gasteiger partial charge in [0.25, 0.3) is 0 Å². The van der Waals surface area contributed by atoms with Crippen molar-refractivity contribution in [2.75, 3.05) is 36.8 Å². The fourth-order valence-corrected chi connectivity index (χ4v) is 3.43. The number of pyridine rings is 1. The highest BCUT2D eigenvalue weighted by Gasteiger charge is 2.46. The minimum atomic E-state index is -0.432. The smallest absolute Gasteiger partial charge is 0.410 e. The number of likely N-dealkylation sites (tertiary alicyclic amines) is 1. The predicted molar refractivity (Wildman–Crippen MR) is 90.3 cm³/mol. The average molecular weight is 318 g/mol. The lowest BCUT2D eigenvalue weighted by molar-refractivity contribution is 0.00600. The van der Waals surface area contributed by atoms with Gasteiger partial charge in [0.1, 0.15) is 5.60 Å². The Bertz CT molecular complexity index is 581. The Morgan fingerprint density at radius 2 is 1.96 bits per heavy atom. The van der Waals surface area contributed by atoms with Crippen LogP contribution in [0.5, 0.6) is 0 Å². The maximum atomic E-state index is 12.1. The summed E-state index contributed by atoms with van der Waals surface area (Å²) in [6.07, 6.45) is 5.33. The Kier molecular flexibility index (Phi) is 3.86. The Morgan fingerprint density at radius 1 is 1.30 bits per heavy atom. The van der Waals surface area contributed by atoms with Crippen LogP contribution in [-0.2, 0) is 4.74 Å². The Morgan fingerprint density at radius 3 is 2.52 bits per heavy atom. The molecule has 2 aliphatic rings. The zero-order valence-corrected chi connectivity index (χ0v) is 14.2. The molecule has 3 heterocycles. The van der Waals surface area contributed by atoms with E-state index >= 15 is 0 Å². The molecule has 2 saturated heterocycles. The molecule has 1 aromatic rings. The molecule has 2 aliphatic heterocycles. The van der Waals surface area contributed by atoms with Crippen molar-refractivity contribution in [3.63, 3.8) is 0 Å². The molecule has 23 heavy (non-hydrogen) atoms. The van der Waals surface area contributed by atoms with Crippen LogP contribution in [0.15, 0.2) is 18.5 Å². The first kappa shape index (κ1) is 15.9. The molecule has 0 aromatic carbocycles. The van der Waals surface area contributed by atoms with Gasteiger partial charge in [0, 0.05) is 37.8 Å². The number of anilines is 2. The summed E-state index contributed by atoms with van der Waals surface area (Å²) >= 11 is 0. The Labute approximate surface area is 137 Å². The summed E-state index contributed by atoms with van der Waals surface area (Å²) in [4.78, 5) is 20.3. The third-order valence-corrected chi connectivity index (χ3v) is 4.70. The third-order valence-electron chi connectivity index (χ3n) is 4.70. The van der Waals surface area contributed by atoms with Gasteiger partial charge in [-0.05, 0) is 39.7 Å². The van der Waals surface area contributed by atoms with Gasteiger partial charge in [-0.3, -0.25) is 4.98 Å². The van der Waals surface area contributed by atoms with Gasteiger partial charge in [0.15, 0.2) is 0 Å². The number of amides is 1. The van der Waals surface area contributed by atoms with Crippen LogP contribution in [0.2, 0.25) is 0 Å². The first-order valence-corrected chi connectivity index (χ1v) is 8.20. The third kappa shape index (κ3) is 3.35. The minimum absolute atomic E-state index is 0.193. The van der Waals surface area contributed by atoms with Crippen LogP contribution in [0.4, 0.5) is 16.2 Å². The number of nitrogens with zero attached hydrogens (tertiary/aromatic N) is 3. The molecule has 126 valence electrons. The number of nitrogens with two attached hydrogens (primary N) is 1. The van der Waals surface area contributed by atoms with Crippen molar-refractivity contribution in [3.8, 4) is 0 Å². The van der Waals surface area contributed by atoms with Gasteiger partial charge >= 0.3 is 6.09 Å². The topological polar surface area (TPSA) is 71.7 Å². The normalized spacial score (nSPS) is 20.3. The van der Waals surface area contributed by atoms with E-state index in [1.54, 1.807) is 12.4 Å². The van der Waals surface area contributed by atoms with E-state index in [-0.39, 0.29) is 6.09 Å².